The predicted octanol–water partition coefficient (Wildman–Crippen LogP) is 4.63. The molecule has 254 valence electrons. The van der Waals surface area contributed by atoms with E-state index >= 15 is 0 Å². The van der Waals surface area contributed by atoms with E-state index in [0.29, 0.717) is 63.4 Å². The molecule has 11 nitrogen and oxygen atoms in total. The quantitative estimate of drug-likeness (QED) is 0.277. The Hall–Kier alpha value is -3.32. The highest BCUT2D eigenvalue weighted by molar-refractivity contribution is 7.09. The number of rotatable bonds is 13. The van der Waals surface area contributed by atoms with E-state index in [4.69, 9.17) is 37.7 Å². The molecule has 2 aromatic rings. The van der Waals surface area contributed by atoms with Crippen molar-refractivity contribution in [3.05, 3.63) is 61.7 Å². The summed E-state index contributed by atoms with van der Waals surface area (Å²) in [4.78, 5) is 67.6. The highest BCUT2D eigenvalue weighted by Crippen LogP contribution is 2.46. The highest BCUT2D eigenvalue weighted by atomic mass is 35.5. The lowest BCUT2D eigenvalue weighted by Crippen LogP contribution is -2.49. The van der Waals surface area contributed by atoms with Crippen molar-refractivity contribution in [3.63, 3.8) is 0 Å². The zero-order chi connectivity index (χ0) is 34.1. The Morgan fingerprint density at radius 1 is 1.04 bits per heavy atom. The molecule has 0 N–H and O–H groups in total. The minimum Gasteiger partial charge on any atom is -0.468 e. The summed E-state index contributed by atoms with van der Waals surface area (Å²) in [6.07, 6.45) is 3.20. The molecule has 3 heterocycles. The molecule has 0 spiro atoms. The summed E-state index contributed by atoms with van der Waals surface area (Å²) < 4.78 is 10.5. The molecule has 0 bridgehead atoms. The number of hydrogen-bond donors (Lipinski definition) is 0. The number of benzene rings is 1. The average Bonchev–Trinajstić information content (AvgIpc) is 3.59. The normalized spacial score (nSPS) is 18.5. The van der Waals surface area contributed by atoms with Gasteiger partial charge < -0.3 is 19.3 Å². The van der Waals surface area contributed by atoms with Crippen LogP contribution in [0.25, 0.3) is 0 Å². The van der Waals surface area contributed by atoms with Gasteiger partial charge in [-0.3, -0.25) is 24.3 Å². The smallest absolute Gasteiger partial charge is 0.336 e. The number of thiazole rings is 1. The molecule has 1 saturated heterocycles. The second-order valence-electron chi connectivity index (χ2n) is 11.3. The van der Waals surface area contributed by atoms with Crippen LogP contribution in [0.5, 0.6) is 0 Å². The van der Waals surface area contributed by atoms with Gasteiger partial charge in [0.25, 0.3) is 0 Å². The number of aromatic nitrogens is 1. The number of nitrogens with zero attached hydrogens (tertiary/aromatic N) is 5. The van der Waals surface area contributed by atoms with Gasteiger partial charge in [-0.2, -0.15) is 0 Å². The topological polar surface area (TPSA) is 122 Å². The van der Waals surface area contributed by atoms with Crippen molar-refractivity contribution >= 4 is 64.0 Å². The summed E-state index contributed by atoms with van der Waals surface area (Å²) in [6, 6.07) is 4.95. The van der Waals surface area contributed by atoms with Crippen LogP contribution in [-0.2, 0) is 35.1 Å². The van der Waals surface area contributed by atoms with E-state index in [2.05, 4.69) is 9.88 Å². The van der Waals surface area contributed by atoms with Crippen LogP contribution < -0.4 is 0 Å². The van der Waals surface area contributed by atoms with Crippen molar-refractivity contribution in [2.45, 2.75) is 45.4 Å². The standard InChI is InChI=1S/C33H41Cl2N5O6S/c1-5-39(21(2)41)14-7-13-38-15-17-40(18-16-38)27(42)20-25-30(33(44)46-4)31(28-22(34)8-6-9-23(28)35)29(32(43)45-3)24(37-25)10-11-26-36-12-19-47-26/h6,8-9,12,19,29,31H,5,7,10-11,13-18,20H2,1-4H3. The lowest BCUT2D eigenvalue weighted by molar-refractivity contribution is -0.143. The van der Waals surface area contributed by atoms with Gasteiger partial charge in [-0.1, -0.05) is 29.3 Å². The summed E-state index contributed by atoms with van der Waals surface area (Å²) in [5, 5.41) is 3.23. The number of aliphatic imine (C=N–C) groups is 1. The van der Waals surface area contributed by atoms with E-state index in [0.717, 1.165) is 18.0 Å². The van der Waals surface area contributed by atoms with Gasteiger partial charge in [-0.15, -0.1) is 11.3 Å². The Labute approximate surface area is 289 Å². The van der Waals surface area contributed by atoms with Crippen LogP contribution in [0, 0.1) is 5.92 Å². The number of carbonyl (C=O) groups excluding carboxylic acids is 4. The molecule has 47 heavy (non-hydrogen) atoms. The predicted molar refractivity (Wildman–Crippen MR) is 182 cm³/mol. The first kappa shape index (κ1) is 36.5. The van der Waals surface area contributed by atoms with E-state index in [1.165, 1.54) is 25.6 Å². The first-order chi connectivity index (χ1) is 22.6. The second-order valence-corrected chi connectivity index (χ2v) is 13.1. The third-order valence-electron chi connectivity index (χ3n) is 8.62. The minimum atomic E-state index is -1.04. The van der Waals surface area contributed by atoms with Gasteiger partial charge in [-0.25, -0.2) is 9.78 Å². The number of hydrogen-bond acceptors (Lipinski definition) is 10. The molecule has 14 heteroatoms. The molecule has 0 saturated carbocycles. The first-order valence-corrected chi connectivity index (χ1v) is 17.3. The molecule has 1 aromatic carbocycles. The molecule has 4 rings (SSSR count). The summed E-state index contributed by atoms with van der Waals surface area (Å²) in [7, 11) is 2.51. The number of halogens is 2. The molecule has 2 unspecified atom stereocenters. The highest BCUT2D eigenvalue weighted by Gasteiger charge is 2.46. The maximum absolute atomic E-state index is 13.8. The maximum Gasteiger partial charge on any atom is 0.336 e. The Balaban J connectivity index is 1.64. The third kappa shape index (κ3) is 8.98. The van der Waals surface area contributed by atoms with Gasteiger partial charge in [-0.05, 0) is 44.0 Å². The van der Waals surface area contributed by atoms with E-state index in [-0.39, 0.29) is 39.6 Å². The van der Waals surface area contributed by atoms with E-state index in [1.807, 2.05) is 17.2 Å². The number of aryl methyl sites for hydroxylation is 1. The summed E-state index contributed by atoms with van der Waals surface area (Å²) in [6.45, 7) is 8.14. The molecule has 1 aromatic heterocycles. The largest absolute Gasteiger partial charge is 0.468 e. The van der Waals surface area contributed by atoms with E-state index < -0.39 is 23.8 Å². The number of esters is 2. The fourth-order valence-corrected chi connectivity index (χ4v) is 7.42. The van der Waals surface area contributed by atoms with Crippen molar-refractivity contribution < 1.29 is 28.7 Å². The summed E-state index contributed by atoms with van der Waals surface area (Å²) in [5.41, 5.74) is 1.07. The molecular weight excluding hydrogens is 665 g/mol. The lowest BCUT2D eigenvalue weighted by Gasteiger charge is -2.36. The van der Waals surface area contributed by atoms with Crippen LogP contribution in [0.4, 0.5) is 0 Å². The summed E-state index contributed by atoms with van der Waals surface area (Å²) in [5.74, 6) is -3.52. The zero-order valence-electron chi connectivity index (χ0n) is 27.2. The average molecular weight is 707 g/mol. The van der Waals surface area contributed by atoms with Gasteiger partial charge in [0.2, 0.25) is 11.8 Å². The van der Waals surface area contributed by atoms with Crippen LogP contribution in [0.1, 0.15) is 49.6 Å². The van der Waals surface area contributed by atoms with Gasteiger partial charge in [0.05, 0.1) is 36.9 Å². The van der Waals surface area contributed by atoms with Gasteiger partial charge in [0, 0.05) is 85.9 Å². The van der Waals surface area contributed by atoms with Crippen LogP contribution in [0.15, 0.2) is 46.0 Å². The molecular formula is C33H41Cl2N5O6S. The second kappa shape index (κ2) is 17.2. The Bertz CT molecular complexity index is 1490. The van der Waals surface area contributed by atoms with Gasteiger partial charge >= 0.3 is 11.9 Å². The molecule has 0 aliphatic carbocycles. The Morgan fingerprint density at radius 3 is 2.32 bits per heavy atom. The first-order valence-electron chi connectivity index (χ1n) is 15.6. The maximum atomic E-state index is 13.8. The summed E-state index contributed by atoms with van der Waals surface area (Å²) >= 11 is 14.9. The van der Waals surface area contributed by atoms with Crippen LogP contribution in [0.3, 0.4) is 0 Å². The Kier molecular flexibility index (Phi) is 13.4. The number of amides is 2. The zero-order valence-corrected chi connectivity index (χ0v) is 29.5. The number of ether oxygens (including phenoxy) is 2. The van der Waals surface area contributed by atoms with Crippen molar-refractivity contribution in [2.24, 2.45) is 10.9 Å². The van der Waals surface area contributed by atoms with Crippen molar-refractivity contribution in [1.29, 1.82) is 0 Å². The molecule has 0 radical (unpaired) electrons. The van der Waals surface area contributed by atoms with E-state index in [1.54, 1.807) is 36.2 Å². The van der Waals surface area contributed by atoms with Crippen LogP contribution in [-0.4, -0.2) is 109 Å². The SMILES string of the molecule is CCN(CCCN1CCN(C(=O)CC2=C(C(=O)OC)C(c3c(Cl)cccc3Cl)C(C(=O)OC)C(CCc3nccs3)=N2)CC1)C(C)=O. The lowest BCUT2D eigenvalue weighted by atomic mass is 9.74. The number of carbonyl (C=O) groups is 4. The molecule has 2 amide bonds. The van der Waals surface area contributed by atoms with Gasteiger partial charge in [0.1, 0.15) is 5.92 Å². The van der Waals surface area contributed by atoms with Crippen LogP contribution in [0.2, 0.25) is 10.0 Å². The fourth-order valence-electron chi connectivity index (χ4n) is 6.17. The molecule has 2 aliphatic heterocycles. The molecule has 2 atom stereocenters. The molecule has 1 fully saturated rings. The number of methoxy groups -OCH3 is 2. The van der Waals surface area contributed by atoms with E-state index in [9.17, 15) is 19.2 Å². The number of piperazine rings is 1. The van der Waals surface area contributed by atoms with Crippen molar-refractivity contribution in [1.82, 2.24) is 19.7 Å². The fraction of sp³-hybridized carbons (Fsp3) is 0.515. The van der Waals surface area contributed by atoms with Crippen molar-refractivity contribution in [3.8, 4) is 0 Å². The molecule has 2 aliphatic rings. The monoisotopic (exact) mass is 705 g/mol. The van der Waals surface area contributed by atoms with Gasteiger partial charge in [0.15, 0.2) is 0 Å². The Morgan fingerprint density at radius 2 is 1.74 bits per heavy atom. The van der Waals surface area contributed by atoms with Crippen molar-refractivity contribution in [2.75, 3.05) is 60.0 Å². The third-order valence-corrected chi connectivity index (χ3v) is 10.1. The minimum absolute atomic E-state index is 0.0498. The van der Waals surface area contributed by atoms with Crippen LogP contribution >= 0.6 is 34.5 Å².